The molecule has 3 N–H and O–H groups in total. The normalized spacial score (nSPS) is 22.2. The highest BCUT2D eigenvalue weighted by molar-refractivity contribution is 5.95. The molecule has 23 heavy (non-hydrogen) atoms. The average Bonchev–Trinajstić information content (AvgIpc) is 3.01. The molecule has 0 radical (unpaired) electrons. The molecule has 0 spiro atoms. The van der Waals surface area contributed by atoms with E-state index in [1.807, 2.05) is 6.92 Å². The zero-order valence-electron chi connectivity index (χ0n) is 13.3. The highest BCUT2D eigenvalue weighted by Crippen LogP contribution is 2.20. The molecule has 2 unspecified atom stereocenters. The second kappa shape index (κ2) is 7.10. The number of rotatable bonds is 5. The maximum absolute atomic E-state index is 12.2. The van der Waals surface area contributed by atoms with Crippen LogP contribution in [0.2, 0.25) is 0 Å². The standard InChI is InChI=1S/C17H23N3O3/c1-11(12-9-18-10-12)16(21)19-13-4-6-14(7-5-13)20-17(22)15-3-2-8-23-15/h4-7,11-12,15,18H,2-3,8-10H2,1H3,(H,19,21)(H,20,22). The van der Waals surface area contributed by atoms with Crippen LogP contribution >= 0.6 is 0 Å². The number of hydrogen-bond acceptors (Lipinski definition) is 4. The molecule has 2 aliphatic heterocycles. The van der Waals surface area contributed by atoms with Crippen molar-refractivity contribution in [3.8, 4) is 0 Å². The fourth-order valence-corrected chi connectivity index (χ4v) is 2.78. The Morgan fingerprint density at radius 1 is 1.17 bits per heavy atom. The third-order valence-corrected chi connectivity index (χ3v) is 4.58. The van der Waals surface area contributed by atoms with Gasteiger partial charge in [0.05, 0.1) is 0 Å². The van der Waals surface area contributed by atoms with Crippen LogP contribution in [0.25, 0.3) is 0 Å². The third-order valence-electron chi connectivity index (χ3n) is 4.58. The number of amides is 2. The number of benzene rings is 1. The van der Waals surface area contributed by atoms with Gasteiger partial charge in [0, 0.05) is 23.9 Å². The Hall–Kier alpha value is -1.92. The van der Waals surface area contributed by atoms with Crippen LogP contribution in [0.15, 0.2) is 24.3 Å². The Balaban J connectivity index is 1.52. The Bertz CT molecular complexity index is 563. The molecule has 2 saturated heterocycles. The predicted octanol–water partition coefficient (Wildman–Crippen LogP) is 1.60. The van der Waals surface area contributed by atoms with Gasteiger partial charge >= 0.3 is 0 Å². The van der Waals surface area contributed by atoms with Crippen molar-refractivity contribution in [2.24, 2.45) is 11.8 Å². The summed E-state index contributed by atoms with van der Waals surface area (Å²) in [4.78, 5) is 24.1. The molecule has 1 aromatic rings. The Kier molecular flexibility index (Phi) is 4.93. The Labute approximate surface area is 136 Å². The number of ether oxygens (including phenoxy) is 1. The summed E-state index contributed by atoms with van der Waals surface area (Å²) < 4.78 is 5.35. The first kappa shape index (κ1) is 16.0. The van der Waals surface area contributed by atoms with E-state index in [2.05, 4.69) is 16.0 Å². The van der Waals surface area contributed by atoms with Gasteiger partial charge in [-0.15, -0.1) is 0 Å². The van der Waals surface area contributed by atoms with Gasteiger partial charge in [-0.25, -0.2) is 0 Å². The van der Waals surface area contributed by atoms with E-state index in [9.17, 15) is 9.59 Å². The molecule has 0 aromatic heterocycles. The van der Waals surface area contributed by atoms with Gasteiger partial charge in [-0.1, -0.05) is 6.92 Å². The zero-order chi connectivity index (χ0) is 16.2. The molecule has 0 saturated carbocycles. The molecule has 6 heteroatoms. The van der Waals surface area contributed by atoms with E-state index in [1.165, 1.54) is 0 Å². The van der Waals surface area contributed by atoms with Crippen molar-refractivity contribution in [2.75, 3.05) is 30.3 Å². The molecule has 1 aromatic carbocycles. The Morgan fingerprint density at radius 2 is 1.83 bits per heavy atom. The van der Waals surface area contributed by atoms with Crippen molar-refractivity contribution in [3.05, 3.63) is 24.3 Å². The van der Waals surface area contributed by atoms with Crippen LogP contribution in [-0.2, 0) is 14.3 Å². The monoisotopic (exact) mass is 317 g/mol. The molecule has 0 aliphatic carbocycles. The first-order chi connectivity index (χ1) is 11.1. The van der Waals surface area contributed by atoms with Crippen molar-refractivity contribution < 1.29 is 14.3 Å². The molecule has 2 amide bonds. The summed E-state index contributed by atoms with van der Waals surface area (Å²) in [6.07, 6.45) is 1.36. The lowest BCUT2D eigenvalue weighted by Crippen LogP contribution is -2.48. The van der Waals surface area contributed by atoms with Gasteiger partial charge in [-0.05, 0) is 56.1 Å². The predicted molar refractivity (Wildman–Crippen MR) is 88.2 cm³/mol. The van der Waals surface area contributed by atoms with Gasteiger partial charge in [0.2, 0.25) is 5.91 Å². The minimum atomic E-state index is -0.341. The summed E-state index contributed by atoms with van der Waals surface area (Å²) in [6, 6.07) is 7.18. The quantitative estimate of drug-likeness (QED) is 0.771. The smallest absolute Gasteiger partial charge is 0.253 e. The van der Waals surface area contributed by atoms with Crippen molar-refractivity contribution in [2.45, 2.75) is 25.9 Å². The summed E-state index contributed by atoms with van der Waals surface area (Å²) in [5.41, 5.74) is 1.45. The Morgan fingerprint density at radius 3 is 2.35 bits per heavy atom. The largest absolute Gasteiger partial charge is 0.368 e. The van der Waals surface area contributed by atoms with Crippen molar-refractivity contribution in [1.29, 1.82) is 0 Å². The van der Waals surface area contributed by atoms with Gasteiger partial charge < -0.3 is 20.7 Å². The van der Waals surface area contributed by atoms with Crippen molar-refractivity contribution in [1.82, 2.24) is 5.32 Å². The minimum absolute atomic E-state index is 0.00450. The van der Waals surface area contributed by atoms with Gasteiger partial charge in [-0.3, -0.25) is 9.59 Å². The molecule has 2 heterocycles. The highest BCUT2D eigenvalue weighted by atomic mass is 16.5. The second-order valence-electron chi connectivity index (χ2n) is 6.26. The van der Waals surface area contributed by atoms with Gasteiger partial charge in [0.25, 0.3) is 5.91 Å². The third kappa shape index (κ3) is 3.89. The van der Waals surface area contributed by atoms with Gasteiger partial charge in [-0.2, -0.15) is 0 Å². The van der Waals surface area contributed by atoms with Gasteiger partial charge in [0.15, 0.2) is 0 Å². The highest BCUT2D eigenvalue weighted by Gasteiger charge is 2.28. The summed E-state index contributed by atoms with van der Waals surface area (Å²) in [7, 11) is 0. The summed E-state index contributed by atoms with van der Waals surface area (Å²) in [5.74, 6) is 0.341. The van der Waals surface area contributed by atoms with E-state index < -0.39 is 0 Å². The van der Waals surface area contributed by atoms with Crippen molar-refractivity contribution >= 4 is 23.2 Å². The molecule has 3 rings (SSSR count). The topological polar surface area (TPSA) is 79.5 Å². The fraction of sp³-hybridized carbons (Fsp3) is 0.529. The van der Waals surface area contributed by atoms with Gasteiger partial charge in [0.1, 0.15) is 6.10 Å². The van der Waals surface area contributed by atoms with Crippen LogP contribution < -0.4 is 16.0 Å². The lowest BCUT2D eigenvalue weighted by Gasteiger charge is -2.31. The van der Waals surface area contributed by atoms with Crippen LogP contribution in [0, 0.1) is 11.8 Å². The van der Waals surface area contributed by atoms with E-state index >= 15 is 0 Å². The SMILES string of the molecule is CC(C(=O)Nc1ccc(NC(=O)C2CCCO2)cc1)C1CNC1. The van der Waals surface area contributed by atoms with E-state index in [0.717, 1.165) is 31.6 Å². The molecule has 2 fully saturated rings. The maximum Gasteiger partial charge on any atom is 0.253 e. The number of nitrogens with one attached hydrogen (secondary N) is 3. The molecular formula is C17H23N3O3. The van der Waals surface area contributed by atoms with E-state index in [4.69, 9.17) is 4.74 Å². The molecule has 2 atom stereocenters. The summed E-state index contributed by atoms with van der Waals surface area (Å²) in [6.45, 7) is 4.42. The number of anilines is 2. The molecule has 0 bridgehead atoms. The lowest BCUT2D eigenvalue weighted by molar-refractivity contribution is -0.124. The zero-order valence-corrected chi connectivity index (χ0v) is 13.3. The second-order valence-corrected chi connectivity index (χ2v) is 6.26. The first-order valence-corrected chi connectivity index (χ1v) is 8.17. The summed E-state index contributed by atoms with van der Waals surface area (Å²) >= 11 is 0. The van der Waals surface area contributed by atoms with Crippen LogP contribution in [-0.4, -0.2) is 37.6 Å². The van der Waals surface area contributed by atoms with E-state index in [1.54, 1.807) is 24.3 Å². The number of carbonyl (C=O) groups is 2. The first-order valence-electron chi connectivity index (χ1n) is 8.17. The molecular weight excluding hydrogens is 294 g/mol. The fourth-order valence-electron chi connectivity index (χ4n) is 2.78. The molecule has 2 aliphatic rings. The average molecular weight is 317 g/mol. The van der Waals surface area contributed by atoms with Crippen molar-refractivity contribution in [3.63, 3.8) is 0 Å². The summed E-state index contributed by atoms with van der Waals surface area (Å²) in [5, 5.41) is 8.94. The molecule has 124 valence electrons. The number of hydrogen-bond donors (Lipinski definition) is 3. The maximum atomic E-state index is 12.2. The number of carbonyl (C=O) groups excluding carboxylic acids is 2. The van der Waals surface area contributed by atoms with E-state index in [0.29, 0.717) is 18.2 Å². The minimum Gasteiger partial charge on any atom is -0.368 e. The van der Waals surface area contributed by atoms with Crippen LogP contribution in [0.4, 0.5) is 11.4 Å². The van der Waals surface area contributed by atoms with Crippen LogP contribution in [0.3, 0.4) is 0 Å². The van der Waals surface area contributed by atoms with Crippen LogP contribution in [0.5, 0.6) is 0 Å². The lowest BCUT2D eigenvalue weighted by atomic mass is 9.88. The van der Waals surface area contributed by atoms with Crippen LogP contribution in [0.1, 0.15) is 19.8 Å². The molecule has 6 nitrogen and oxygen atoms in total. The van der Waals surface area contributed by atoms with E-state index in [-0.39, 0.29) is 23.8 Å².